The predicted octanol–water partition coefficient (Wildman–Crippen LogP) is 3.78. The van der Waals surface area contributed by atoms with Gasteiger partial charge in [-0.3, -0.25) is 4.79 Å². The van der Waals surface area contributed by atoms with Gasteiger partial charge in [-0.2, -0.15) is 16.5 Å². The molecule has 154 valence electrons. The third kappa shape index (κ3) is 5.33. The molecule has 0 aliphatic carbocycles. The van der Waals surface area contributed by atoms with Crippen LogP contribution in [0.1, 0.15) is 11.4 Å². The number of hydrogen-bond donors (Lipinski definition) is 2. The number of hydrogen-bond acceptors (Lipinski definition) is 6. The summed E-state index contributed by atoms with van der Waals surface area (Å²) >= 11 is 2.99. The van der Waals surface area contributed by atoms with Gasteiger partial charge in [0.1, 0.15) is 16.8 Å². The maximum absolute atomic E-state index is 14.0. The first kappa shape index (κ1) is 21.7. The summed E-state index contributed by atoms with van der Waals surface area (Å²) in [6, 6.07) is 9.36. The van der Waals surface area contributed by atoms with Crippen molar-refractivity contribution in [1.82, 2.24) is 9.71 Å². The number of nitrogens with zero attached hydrogens (tertiary/aromatic N) is 1. The van der Waals surface area contributed by atoms with E-state index in [9.17, 15) is 17.6 Å². The first-order valence-electron chi connectivity index (χ1n) is 8.74. The monoisotopic (exact) mass is 453 g/mol. The second-order valence-corrected chi connectivity index (χ2v) is 10.2. The van der Waals surface area contributed by atoms with Crippen LogP contribution in [0.4, 0.5) is 10.1 Å². The highest BCUT2D eigenvalue weighted by Gasteiger charge is 2.27. The molecule has 6 nitrogen and oxygen atoms in total. The van der Waals surface area contributed by atoms with Crippen LogP contribution >= 0.6 is 23.1 Å². The molecule has 1 heterocycles. The minimum absolute atomic E-state index is 0.266. The van der Waals surface area contributed by atoms with Crippen molar-refractivity contribution in [1.29, 1.82) is 0 Å². The molecule has 0 spiro atoms. The lowest BCUT2D eigenvalue weighted by atomic mass is 10.2. The summed E-state index contributed by atoms with van der Waals surface area (Å²) in [4.78, 5) is 16.7. The maximum Gasteiger partial charge on any atom is 0.244 e. The van der Waals surface area contributed by atoms with Gasteiger partial charge in [0.2, 0.25) is 15.9 Å². The first-order valence-corrected chi connectivity index (χ1v) is 12.4. The van der Waals surface area contributed by atoms with Crippen LogP contribution in [0.15, 0.2) is 47.4 Å². The number of anilines is 1. The number of carbonyl (C=O) groups is 1. The minimum Gasteiger partial charge on any atom is -0.325 e. The molecule has 29 heavy (non-hydrogen) atoms. The fraction of sp³-hybridized carbons (Fsp3) is 0.263. The number of benzene rings is 2. The highest BCUT2D eigenvalue weighted by molar-refractivity contribution is 7.98. The van der Waals surface area contributed by atoms with Crippen LogP contribution in [0, 0.1) is 12.7 Å². The molecule has 0 radical (unpaired) electrons. The normalized spacial score (nSPS) is 12.8. The minimum atomic E-state index is -4.19. The van der Waals surface area contributed by atoms with Crippen molar-refractivity contribution in [3.63, 3.8) is 0 Å². The van der Waals surface area contributed by atoms with Crippen molar-refractivity contribution < 1.29 is 17.6 Å². The van der Waals surface area contributed by atoms with Crippen LogP contribution in [0.3, 0.4) is 0 Å². The topological polar surface area (TPSA) is 88.2 Å². The second kappa shape index (κ2) is 9.21. The van der Waals surface area contributed by atoms with Crippen molar-refractivity contribution in [2.45, 2.75) is 24.3 Å². The number of thiazole rings is 1. The lowest BCUT2D eigenvalue weighted by Crippen LogP contribution is -2.44. The average Bonchev–Trinajstić information content (AvgIpc) is 3.04. The predicted molar refractivity (Wildman–Crippen MR) is 116 cm³/mol. The van der Waals surface area contributed by atoms with Gasteiger partial charge in [0, 0.05) is 5.69 Å². The molecule has 3 rings (SSSR count). The van der Waals surface area contributed by atoms with E-state index in [1.807, 2.05) is 13.2 Å². The molecule has 0 saturated heterocycles. The van der Waals surface area contributed by atoms with Crippen LogP contribution in [0.2, 0.25) is 0 Å². The molecule has 0 aliphatic rings. The Morgan fingerprint density at radius 1 is 1.28 bits per heavy atom. The van der Waals surface area contributed by atoms with E-state index >= 15 is 0 Å². The Morgan fingerprint density at radius 2 is 2.03 bits per heavy atom. The van der Waals surface area contributed by atoms with Gasteiger partial charge in [-0.25, -0.2) is 17.8 Å². The zero-order valence-corrected chi connectivity index (χ0v) is 18.3. The average molecular weight is 454 g/mol. The van der Waals surface area contributed by atoms with E-state index in [2.05, 4.69) is 15.0 Å². The van der Waals surface area contributed by atoms with E-state index in [4.69, 9.17) is 0 Å². The molecule has 2 N–H and O–H groups in total. The zero-order chi connectivity index (χ0) is 21.0. The van der Waals surface area contributed by atoms with Crippen molar-refractivity contribution in [2.75, 3.05) is 17.3 Å². The van der Waals surface area contributed by atoms with Gasteiger partial charge in [-0.15, -0.1) is 11.3 Å². The van der Waals surface area contributed by atoms with Crippen molar-refractivity contribution >= 4 is 54.9 Å². The fourth-order valence-corrected chi connectivity index (χ4v) is 5.39. The van der Waals surface area contributed by atoms with Crippen molar-refractivity contribution in [3.8, 4) is 0 Å². The summed E-state index contributed by atoms with van der Waals surface area (Å²) in [7, 11) is -4.19. The lowest BCUT2D eigenvalue weighted by molar-refractivity contribution is -0.117. The Balaban J connectivity index is 1.81. The molecule has 1 aromatic heterocycles. The molecule has 0 saturated carbocycles. The highest BCUT2D eigenvalue weighted by Crippen LogP contribution is 2.25. The summed E-state index contributed by atoms with van der Waals surface area (Å²) in [5.74, 6) is -0.806. The molecule has 0 fully saturated rings. The number of aromatic nitrogens is 1. The van der Waals surface area contributed by atoms with Gasteiger partial charge in [0.15, 0.2) is 0 Å². The molecule has 10 heteroatoms. The number of sulfonamides is 1. The second-order valence-electron chi connectivity index (χ2n) is 6.29. The quantitative estimate of drug-likeness (QED) is 0.542. The number of amides is 1. The molecule has 2 aromatic carbocycles. The van der Waals surface area contributed by atoms with Gasteiger partial charge in [-0.1, -0.05) is 12.1 Å². The number of fused-ring (bicyclic) bond motifs is 1. The Labute approximate surface area is 177 Å². The van der Waals surface area contributed by atoms with E-state index in [1.165, 1.54) is 41.3 Å². The third-order valence-electron chi connectivity index (χ3n) is 4.11. The third-order valence-corrected chi connectivity index (χ3v) is 7.20. The van der Waals surface area contributed by atoms with E-state index in [1.54, 1.807) is 18.2 Å². The molecule has 0 aliphatic heterocycles. The summed E-state index contributed by atoms with van der Waals surface area (Å²) in [5.41, 5.74) is 1.38. The van der Waals surface area contributed by atoms with Crippen LogP contribution < -0.4 is 10.0 Å². The smallest absolute Gasteiger partial charge is 0.244 e. The Bertz CT molecular complexity index is 1130. The fourth-order valence-electron chi connectivity index (χ4n) is 2.74. The van der Waals surface area contributed by atoms with Crippen LogP contribution in [0.25, 0.3) is 10.2 Å². The van der Waals surface area contributed by atoms with Crippen molar-refractivity contribution in [2.24, 2.45) is 0 Å². The zero-order valence-electron chi connectivity index (χ0n) is 15.8. The number of nitrogens with one attached hydrogen (secondary N) is 2. The molecule has 0 bridgehead atoms. The maximum atomic E-state index is 14.0. The highest BCUT2D eigenvalue weighted by atomic mass is 32.2. The standard InChI is InChI=1S/C19H20FN3O3S3/c1-12-21-15-8-7-13(11-17(15)28-12)22-19(24)16(9-10-27-2)23-29(25,26)18-6-4-3-5-14(18)20/h3-8,11,16,23H,9-10H2,1-2H3,(H,22,24). The Kier molecular flexibility index (Phi) is 6.89. The SMILES string of the molecule is CSCCC(NS(=O)(=O)c1ccccc1F)C(=O)Nc1ccc2nc(C)sc2c1. The van der Waals surface area contributed by atoms with Gasteiger partial charge >= 0.3 is 0 Å². The molecular formula is C19H20FN3O3S3. The van der Waals surface area contributed by atoms with Crippen LogP contribution in [0.5, 0.6) is 0 Å². The number of thioether (sulfide) groups is 1. The first-order chi connectivity index (χ1) is 13.8. The van der Waals surface area contributed by atoms with E-state index in [0.29, 0.717) is 11.4 Å². The van der Waals surface area contributed by atoms with Crippen LogP contribution in [-0.2, 0) is 14.8 Å². The lowest BCUT2D eigenvalue weighted by Gasteiger charge is -2.18. The summed E-state index contributed by atoms with van der Waals surface area (Å²) in [5, 5.41) is 3.67. The van der Waals surface area contributed by atoms with Gasteiger partial charge in [0.25, 0.3) is 0 Å². The number of aryl methyl sites for hydroxylation is 1. The van der Waals surface area contributed by atoms with Gasteiger partial charge in [0.05, 0.1) is 15.2 Å². The summed E-state index contributed by atoms with van der Waals surface area (Å²) in [6.45, 7) is 1.90. The van der Waals surface area contributed by atoms with Crippen LogP contribution in [-0.4, -0.2) is 37.4 Å². The Morgan fingerprint density at radius 3 is 2.76 bits per heavy atom. The number of rotatable bonds is 8. The number of carbonyl (C=O) groups excluding carboxylic acids is 1. The summed E-state index contributed by atoms with van der Waals surface area (Å²) < 4.78 is 42.5. The van der Waals surface area contributed by atoms with Gasteiger partial charge < -0.3 is 5.32 Å². The summed E-state index contributed by atoms with van der Waals surface area (Å²) in [6.07, 6.45) is 2.13. The molecule has 3 aromatic rings. The van der Waals surface area contributed by atoms with E-state index in [-0.39, 0.29) is 6.42 Å². The molecule has 1 atom stereocenters. The Hall–Kier alpha value is -2.01. The van der Waals surface area contributed by atoms with Crippen molar-refractivity contribution in [3.05, 3.63) is 53.3 Å². The number of halogens is 1. The molecule has 1 unspecified atom stereocenters. The molecular weight excluding hydrogens is 433 g/mol. The molecule has 1 amide bonds. The van der Waals surface area contributed by atoms with E-state index in [0.717, 1.165) is 21.3 Å². The van der Waals surface area contributed by atoms with E-state index < -0.39 is 32.7 Å². The van der Waals surface area contributed by atoms with Gasteiger partial charge in [-0.05, 0) is 55.7 Å². The largest absolute Gasteiger partial charge is 0.325 e.